The number of nitrogens with two attached hydrogens (primary N) is 1. The molecule has 1 aromatic carbocycles. The Balaban J connectivity index is 1.40. The maximum Gasteiger partial charge on any atom is 0.459 e. The summed E-state index contributed by atoms with van der Waals surface area (Å²) in [5, 5.41) is 25.7. The standard InChI is InChI=1S/C26H34ClN6O9P/c1-14(2)40-23(35)26(10-5-11-26)32-43(37,42-16-8-6-15(27)7-9-16)39-12-17-19(34)25(3,36)22(41-17)33-13-29-18-20(33)30-24(28)31-21(18)38-4/h6-9,13-14,17,19,22,34,36H,5,10-12H2,1-4H3,(H,32,37)(H2,28,30,31)/t17?,19-,22?,25-,43?/m1/s1. The van der Waals surface area contributed by atoms with Crippen LogP contribution in [0, 0.1) is 0 Å². The number of aliphatic hydroxyl groups excluding tert-OH is 1. The number of hydrogen-bond donors (Lipinski definition) is 4. The van der Waals surface area contributed by atoms with Gasteiger partial charge in [-0.3, -0.25) is 13.9 Å². The van der Waals surface area contributed by atoms with Crippen LogP contribution in [0.1, 0.15) is 46.3 Å². The lowest BCUT2D eigenvalue weighted by Crippen LogP contribution is -2.57. The van der Waals surface area contributed by atoms with Gasteiger partial charge in [-0.05, 0) is 64.3 Å². The molecule has 1 saturated heterocycles. The Labute approximate surface area is 252 Å². The predicted molar refractivity (Wildman–Crippen MR) is 153 cm³/mol. The van der Waals surface area contributed by atoms with E-state index in [-0.39, 0.29) is 28.7 Å². The minimum Gasteiger partial charge on any atom is -0.479 e. The van der Waals surface area contributed by atoms with Gasteiger partial charge in [-0.15, -0.1) is 0 Å². The third-order valence-corrected chi connectivity index (χ3v) is 9.24. The summed E-state index contributed by atoms with van der Waals surface area (Å²) in [5.41, 5.74) is 3.08. The number of fused-ring (bicyclic) bond motifs is 1. The van der Waals surface area contributed by atoms with Crippen molar-refractivity contribution in [2.75, 3.05) is 19.5 Å². The second-order valence-corrected chi connectivity index (χ2v) is 13.0. The van der Waals surface area contributed by atoms with Crippen molar-refractivity contribution in [1.82, 2.24) is 24.6 Å². The van der Waals surface area contributed by atoms with E-state index in [1.807, 2.05) is 0 Å². The third kappa shape index (κ3) is 6.16. The molecule has 5 atom stereocenters. The third-order valence-electron chi connectivity index (χ3n) is 7.35. The molecule has 43 heavy (non-hydrogen) atoms. The highest BCUT2D eigenvalue weighted by Crippen LogP contribution is 2.51. The summed E-state index contributed by atoms with van der Waals surface area (Å²) >= 11 is 5.99. The molecule has 3 heterocycles. The molecule has 5 N–H and O–H groups in total. The number of aromatic nitrogens is 4. The lowest BCUT2D eigenvalue weighted by Gasteiger charge is -2.41. The Bertz CT molecular complexity index is 1530. The molecule has 0 amide bonds. The minimum atomic E-state index is -4.34. The molecule has 2 fully saturated rings. The Morgan fingerprint density at radius 1 is 1.30 bits per heavy atom. The monoisotopic (exact) mass is 640 g/mol. The highest BCUT2D eigenvalue weighted by molar-refractivity contribution is 7.52. The second-order valence-electron chi connectivity index (χ2n) is 11.0. The molecule has 0 spiro atoms. The van der Waals surface area contributed by atoms with Gasteiger partial charge in [0.1, 0.15) is 29.1 Å². The summed E-state index contributed by atoms with van der Waals surface area (Å²) in [6.45, 7) is 4.29. The Morgan fingerprint density at radius 3 is 2.60 bits per heavy atom. The van der Waals surface area contributed by atoms with E-state index in [1.54, 1.807) is 26.0 Å². The number of halogens is 1. The second kappa shape index (κ2) is 11.8. The van der Waals surface area contributed by atoms with Crippen molar-refractivity contribution in [3.63, 3.8) is 0 Å². The van der Waals surface area contributed by atoms with E-state index in [2.05, 4.69) is 20.0 Å². The number of hydrogen-bond acceptors (Lipinski definition) is 13. The quantitative estimate of drug-likeness (QED) is 0.176. The van der Waals surface area contributed by atoms with Crippen LogP contribution in [0.15, 0.2) is 30.6 Å². The van der Waals surface area contributed by atoms with Gasteiger partial charge in [0, 0.05) is 5.02 Å². The van der Waals surface area contributed by atoms with Crippen molar-refractivity contribution in [3.05, 3.63) is 35.6 Å². The van der Waals surface area contributed by atoms with E-state index in [1.165, 1.54) is 37.1 Å². The fourth-order valence-electron chi connectivity index (χ4n) is 4.97. The average molecular weight is 641 g/mol. The van der Waals surface area contributed by atoms with Crippen molar-refractivity contribution >= 4 is 42.4 Å². The maximum absolute atomic E-state index is 14.2. The van der Waals surface area contributed by atoms with Gasteiger partial charge in [0.2, 0.25) is 11.8 Å². The highest BCUT2D eigenvalue weighted by atomic mass is 35.5. The number of anilines is 1. The Morgan fingerprint density at radius 2 is 2.00 bits per heavy atom. The molecular formula is C26H34ClN6O9P. The fourth-order valence-corrected chi connectivity index (χ4v) is 6.84. The van der Waals surface area contributed by atoms with Gasteiger partial charge in [0.15, 0.2) is 17.4 Å². The summed E-state index contributed by atoms with van der Waals surface area (Å²) in [5.74, 6) is -0.412. The number of carbonyl (C=O) groups excluding carboxylic acids is 1. The molecule has 3 unspecified atom stereocenters. The molecule has 17 heteroatoms. The van der Waals surface area contributed by atoms with E-state index in [0.29, 0.717) is 24.3 Å². The van der Waals surface area contributed by atoms with Crippen LogP contribution >= 0.6 is 19.3 Å². The van der Waals surface area contributed by atoms with Gasteiger partial charge in [0.05, 0.1) is 26.1 Å². The molecule has 0 bridgehead atoms. The van der Waals surface area contributed by atoms with Crippen LogP contribution in [-0.2, 0) is 23.4 Å². The maximum atomic E-state index is 14.2. The number of methoxy groups -OCH3 is 1. The summed E-state index contributed by atoms with van der Waals surface area (Å²) in [7, 11) is -2.94. The number of nitrogen functional groups attached to an aromatic ring is 1. The number of rotatable bonds is 11. The van der Waals surface area contributed by atoms with Crippen molar-refractivity contribution < 1.29 is 42.8 Å². The molecule has 1 aliphatic heterocycles. The molecule has 2 aliphatic rings. The molecule has 0 radical (unpaired) electrons. The smallest absolute Gasteiger partial charge is 0.459 e. The summed E-state index contributed by atoms with van der Waals surface area (Å²) in [4.78, 5) is 25.4. The molecule has 1 aliphatic carbocycles. The number of nitrogens with zero attached hydrogens (tertiary/aromatic N) is 4. The molecule has 5 rings (SSSR count). The summed E-state index contributed by atoms with van der Waals surface area (Å²) in [6, 6.07) is 6.07. The van der Waals surface area contributed by atoms with E-state index >= 15 is 0 Å². The summed E-state index contributed by atoms with van der Waals surface area (Å²) in [6.07, 6.45) is -1.63. The lowest BCUT2D eigenvalue weighted by molar-refractivity contribution is -0.158. The first-order valence-electron chi connectivity index (χ1n) is 13.6. The van der Waals surface area contributed by atoms with Crippen molar-refractivity contribution in [1.29, 1.82) is 0 Å². The van der Waals surface area contributed by atoms with Crippen LogP contribution in [0.4, 0.5) is 5.95 Å². The molecular weight excluding hydrogens is 607 g/mol. The van der Waals surface area contributed by atoms with Gasteiger partial charge < -0.3 is 34.7 Å². The Kier molecular flexibility index (Phi) is 8.62. The normalized spacial score (nSPS) is 26.2. The first-order valence-corrected chi connectivity index (χ1v) is 15.5. The van der Waals surface area contributed by atoms with E-state index < -0.39 is 56.0 Å². The summed E-state index contributed by atoms with van der Waals surface area (Å²) < 4.78 is 43.9. The number of aliphatic hydroxyl groups is 2. The molecule has 234 valence electrons. The number of nitrogens with one attached hydrogen (secondary N) is 1. The zero-order valence-corrected chi connectivity index (χ0v) is 25.6. The zero-order chi connectivity index (χ0) is 31.2. The van der Waals surface area contributed by atoms with Crippen LogP contribution in [0.25, 0.3) is 11.2 Å². The van der Waals surface area contributed by atoms with Crippen LogP contribution in [-0.4, -0.2) is 78.9 Å². The first kappa shape index (κ1) is 31.4. The van der Waals surface area contributed by atoms with Crippen LogP contribution in [0.3, 0.4) is 0 Å². The van der Waals surface area contributed by atoms with E-state index in [4.69, 9.17) is 40.6 Å². The average Bonchev–Trinajstić information content (AvgIpc) is 3.43. The highest BCUT2D eigenvalue weighted by Gasteiger charge is 2.56. The van der Waals surface area contributed by atoms with Crippen LogP contribution < -0.4 is 20.1 Å². The number of ether oxygens (including phenoxy) is 3. The van der Waals surface area contributed by atoms with Gasteiger partial charge >= 0.3 is 13.7 Å². The van der Waals surface area contributed by atoms with Crippen molar-refractivity contribution in [3.8, 4) is 11.6 Å². The largest absolute Gasteiger partial charge is 0.479 e. The number of esters is 1. The number of benzene rings is 1. The van der Waals surface area contributed by atoms with E-state index in [0.717, 1.165) is 0 Å². The van der Waals surface area contributed by atoms with E-state index in [9.17, 15) is 19.6 Å². The Hall–Kier alpha value is -3.04. The molecule has 2 aromatic heterocycles. The van der Waals surface area contributed by atoms with Gasteiger partial charge in [-0.1, -0.05) is 11.6 Å². The zero-order valence-electron chi connectivity index (χ0n) is 24.0. The first-order chi connectivity index (χ1) is 20.3. The number of carbonyl (C=O) groups is 1. The van der Waals surface area contributed by atoms with Crippen molar-refractivity contribution in [2.45, 2.75) is 75.7 Å². The minimum absolute atomic E-state index is 0.101. The van der Waals surface area contributed by atoms with Crippen molar-refractivity contribution in [2.24, 2.45) is 0 Å². The fraction of sp³-hybridized carbons (Fsp3) is 0.538. The van der Waals surface area contributed by atoms with Gasteiger partial charge in [0.25, 0.3) is 0 Å². The molecule has 1 saturated carbocycles. The molecule has 15 nitrogen and oxygen atoms in total. The van der Waals surface area contributed by atoms with Gasteiger partial charge in [-0.25, -0.2) is 9.55 Å². The van der Waals surface area contributed by atoms with Crippen LogP contribution in [0.5, 0.6) is 11.6 Å². The number of imidazole rings is 1. The predicted octanol–water partition coefficient (Wildman–Crippen LogP) is 2.75. The van der Waals surface area contributed by atoms with Gasteiger partial charge in [-0.2, -0.15) is 15.1 Å². The SMILES string of the molecule is COc1nc(N)nc2c1ncn2C1OC(COP(=O)(NC2(C(=O)OC(C)C)CCC2)Oc2ccc(Cl)cc2)[C@@H](O)[C@@]1(C)O. The lowest BCUT2D eigenvalue weighted by atomic mass is 9.78. The topological polar surface area (TPSA) is 202 Å². The van der Waals surface area contributed by atoms with Crippen LogP contribution in [0.2, 0.25) is 5.02 Å². The molecule has 3 aromatic rings.